The van der Waals surface area contributed by atoms with Crippen molar-refractivity contribution in [1.82, 2.24) is 19.9 Å². The number of rotatable bonds is 7. The van der Waals surface area contributed by atoms with Gasteiger partial charge in [-0.1, -0.05) is 76.6 Å². The van der Waals surface area contributed by atoms with E-state index in [4.69, 9.17) is 16.7 Å². The lowest BCUT2D eigenvalue weighted by Crippen LogP contribution is -2.47. The number of hydrogen-bond acceptors (Lipinski definition) is 9. The van der Waals surface area contributed by atoms with E-state index < -0.39 is 0 Å². The number of hydrogen-bond donors (Lipinski definition) is 2. The zero-order chi connectivity index (χ0) is 30.2. The Morgan fingerprint density at radius 1 is 1.07 bits per heavy atom. The van der Waals surface area contributed by atoms with E-state index in [0.29, 0.717) is 28.1 Å². The van der Waals surface area contributed by atoms with Crippen LogP contribution in [0.5, 0.6) is 0 Å². The zero-order valence-electron chi connectivity index (χ0n) is 25.5. The van der Waals surface area contributed by atoms with Crippen LogP contribution in [0.15, 0.2) is 30.5 Å². The highest BCUT2D eigenvalue weighted by atomic mass is 35.5. The van der Waals surface area contributed by atoms with Crippen LogP contribution in [0.25, 0.3) is 0 Å². The van der Waals surface area contributed by atoms with Crippen LogP contribution in [-0.2, 0) is 0 Å². The fourth-order valence-corrected chi connectivity index (χ4v) is 4.86. The van der Waals surface area contributed by atoms with Crippen LogP contribution in [-0.4, -0.2) is 77.2 Å². The number of aryl methyl sites for hydroxylation is 2. The lowest BCUT2D eigenvalue weighted by atomic mass is 10.2. The molecule has 2 aromatic heterocycles. The van der Waals surface area contributed by atoms with Crippen LogP contribution in [0.2, 0.25) is 5.02 Å². The van der Waals surface area contributed by atoms with Gasteiger partial charge in [-0.25, -0.2) is 15.0 Å². The van der Waals surface area contributed by atoms with E-state index in [9.17, 15) is 4.79 Å². The molecule has 1 aromatic carbocycles. The number of nitrogens with zero attached hydrogens (tertiary/aromatic N) is 6. The molecule has 9 nitrogen and oxygen atoms in total. The summed E-state index contributed by atoms with van der Waals surface area (Å²) in [5, 5.41) is 13.6. The maximum Gasteiger partial charge on any atom is 0.284 e. The number of amides is 1. The van der Waals surface area contributed by atoms with Gasteiger partial charge in [0.25, 0.3) is 5.91 Å². The largest absolute Gasteiger partial charge is 0.395 e. The summed E-state index contributed by atoms with van der Waals surface area (Å²) < 4.78 is 0. The summed E-state index contributed by atoms with van der Waals surface area (Å²) in [5.74, 6) is 1.97. The molecule has 2 N–H and O–H groups in total. The van der Waals surface area contributed by atoms with Crippen LogP contribution >= 0.6 is 22.9 Å². The summed E-state index contributed by atoms with van der Waals surface area (Å²) in [6.45, 7) is 20.1. The Bertz CT molecular complexity index is 1150. The molecular weight excluding hydrogens is 546 g/mol. The Balaban J connectivity index is 0.00000125. The maximum absolute atomic E-state index is 12.8. The van der Waals surface area contributed by atoms with Crippen molar-refractivity contribution in [2.45, 2.75) is 55.4 Å². The molecule has 3 heterocycles. The topological polar surface area (TPSA) is 97.7 Å². The average molecular weight is 592 g/mol. The molecule has 1 saturated heterocycles. The minimum Gasteiger partial charge on any atom is -0.395 e. The third-order valence-electron chi connectivity index (χ3n) is 5.75. The predicted octanol–water partition coefficient (Wildman–Crippen LogP) is 6.42. The van der Waals surface area contributed by atoms with Crippen molar-refractivity contribution in [3.05, 3.63) is 51.9 Å². The minimum atomic E-state index is -0.304. The number of anilines is 4. The number of aromatic nitrogens is 3. The molecule has 1 amide bonds. The van der Waals surface area contributed by atoms with Crippen molar-refractivity contribution in [2.75, 3.05) is 61.5 Å². The molecule has 3 aromatic rings. The number of aliphatic hydroxyl groups excluding tert-OH is 1. The molecular formula is C29H46ClN7O2S. The molecule has 0 bridgehead atoms. The van der Waals surface area contributed by atoms with E-state index in [1.165, 1.54) is 11.3 Å². The first-order chi connectivity index (χ1) is 19.4. The lowest BCUT2D eigenvalue weighted by Gasteiger charge is -2.35. The Morgan fingerprint density at radius 2 is 1.73 bits per heavy atom. The quantitative estimate of drug-likeness (QED) is 0.325. The van der Waals surface area contributed by atoms with Crippen LogP contribution in [0.1, 0.15) is 62.7 Å². The van der Waals surface area contributed by atoms with E-state index >= 15 is 0 Å². The van der Waals surface area contributed by atoms with Crippen LogP contribution in [0.3, 0.4) is 0 Å². The highest BCUT2D eigenvalue weighted by Gasteiger charge is 2.21. The van der Waals surface area contributed by atoms with Gasteiger partial charge < -0.3 is 20.2 Å². The third kappa shape index (κ3) is 9.69. The number of benzene rings is 1. The van der Waals surface area contributed by atoms with Crippen molar-refractivity contribution < 1.29 is 9.90 Å². The zero-order valence-corrected chi connectivity index (χ0v) is 27.0. The van der Waals surface area contributed by atoms with Gasteiger partial charge in [0.05, 0.1) is 23.5 Å². The van der Waals surface area contributed by atoms with Gasteiger partial charge in [-0.2, -0.15) is 0 Å². The fraction of sp³-hybridized carbons (Fsp3) is 0.517. The van der Waals surface area contributed by atoms with Gasteiger partial charge in [0, 0.05) is 45.8 Å². The van der Waals surface area contributed by atoms with Gasteiger partial charge in [0.15, 0.2) is 5.01 Å². The lowest BCUT2D eigenvalue weighted by molar-refractivity contribution is 0.102. The average Bonchev–Trinajstić information content (AvgIpc) is 3.49. The van der Waals surface area contributed by atoms with Gasteiger partial charge in [-0.15, -0.1) is 0 Å². The van der Waals surface area contributed by atoms with Crippen molar-refractivity contribution in [2.24, 2.45) is 0 Å². The molecule has 0 atom stereocenters. The molecule has 0 aliphatic carbocycles. The Morgan fingerprint density at radius 3 is 2.33 bits per heavy atom. The Labute approximate surface area is 249 Å². The van der Waals surface area contributed by atoms with Gasteiger partial charge >= 0.3 is 0 Å². The number of para-hydroxylation sites is 1. The molecule has 1 aliphatic heterocycles. The summed E-state index contributed by atoms with van der Waals surface area (Å²) in [6, 6.07) is 7.44. The molecule has 4 rings (SSSR count). The van der Waals surface area contributed by atoms with E-state index in [2.05, 4.69) is 30.1 Å². The number of halogens is 1. The molecule has 0 spiro atoms. The molecule has 11 heteroatoms. The maximum atomic E-state index is 12.8. The summed E-state index contributed by atoms with van der Waals surface area (Å²) >= 11 is 7.53. The van der Waals surface area contributed by atoms with Gasteiger partial charge in [-0.05, 0) is 25.5 Å². The normalized spacial score (nSPS) is 12.6. The molecule has 1 aliphatic rings. The number of piperazine rings is 1. The second-order valence-corrected chi connectivity index (χ2v) is 9.55. The summed E-state index contributed by atoms with van der Waals surface area (Å²) in [7, 11) is 1.90. The predicted molar refractivity (Wildman–Crippen MR) is 171 cm³/mol. The molecule has 0 saturated carbocycles. The summed E-state index contributed by atoms with van der Waals surface area (Å²) in [4.78, 5) is 32.7. The standard InChI is InChI=1S/C23H28ClN7O2S.3C2H6/c1-15-5-4-6-17(24)21(15)28-22(33)23-25-14-20(34-23)29(3)18-13-19(27-16(2)26-18)31-9-7-30(8-10-31)11-12-32;3*1-2/h4-6,13-14,32H,7-12H2,1-3H3,(H,28,33);3*1-2H3. The number of thiazole rings is 1. The van der Waals surface area contributed by atoms with E-state index in [1.807, 2.05) is 85.5 Å². The highest BCUT2D eigenvalue weighted by molar-refractivity contribution is 7.17. The van der Waals surface area contributed by atoms with Gasteiger partial charge in [0.2, 0.25) is 0 Å². The Kier molecular flexibility index (Phi) is 16.3. The number of carbonyl (C=O) groups excluding carboxylic acids is 1. The van der Waals surface area contributed by atoms with E-state index in [0.717, 1.165) is 48.4 Å². The van der Waals surface area contributed by atoms with Gasteiger partial charge in [0.1, 0.15) is 22.5 Å². The third-order valence-corrected chi connectivity index (χ3v) is 7.13. The second-order valence-electron chi connectivity index (χ2n) is 8.13. The van der Waals surface area contributed by atoms with Crippen LogP contribution in [0, 0.1) is 13.8 Å². The SMILES string of the molecule is CC.CC.CC.Cc1nc(N2CCN(CCO)CC2)cc(N(C)c2cnc(C(=O)Nc3c(C)cccc3Cl)s2)n1. The first-order valence-electron chi connectivity index (χ1n) is 14.1. The first kappa shape index (κ1) is 35.2. The number of aliphatic hydroxyl groups is 1. The second kappa shape index (κ2) is 18.5. The van der Waals surface area contributed by atoms with Crippen LogP contribution in [0.4, 0.5) is 22.3 Å². The van der Waals surface area contributed by atoms with Crippen LogP contribution < -0.4 is 15.1 Å². The molecule has 0 radical (unpaired) electrons. The summed E-state index contributed by atoms with van der Waals surface area (Å²) in [5.41, 5.74) is 1.48. The first-order valence-corrected chi connectivity index (χ1v) is 15.2. The summed E-state index contributed by atoms with van der Waals surface area (Å²) in [6.07, 6.45) is 1.67. The number of carbonyl (C=O) groups is 1. The molecule has 1 fully saturated rings. The minimum absolute atomic E-state index is 0.175. The van der Waals surface area contributed by atoms with Crippen molar-refractivity contribution in [3.63, 3.8) is 0 Å². The number of β-amino-alcohol motifs (C(OH)–C–C–N with tert-alkyl or cyclic N) is 1. The molecule has 0 unspecified atom stereocenters. The highest BCUT2D eigenvalue weighted by Crippen LogP contribution is 2.31. The van der Waals surface area contributed by atoms with E-state index in [-0.39, 0.29) is 12.5 Å². The molecule has 40 heavy (non-hydrogen) atoms. The van der Waals surface area contributed by atoms with Gasteiger partial charge in [-0.3, -0.25) is 9.69 Å². The molecule has 222 valence electrons. The fourth-order valence-electron chi connectivity index (χ4n) is 3.81. The van der Waals surface area contributed by atoms with Crippen molar-refractivity contribution >= 4 is 51.2 Å². The number of nitrogens with one attached hydrogen (secondary N) is 1. The monoisotopic (exact) mass is 591 g/mol. The van der Waals surface area contributed by atoms with Crippen molar-refractivity contribution in [1.29, 1.82) is 0 Å². The smallest absolute Gasteiger partial charge is 0.284 e. The van der Waals surface area contributed by atoms with E-state index in [1.54, 1.807) is 12.3 Å². The van der Waals surface area contributed by atoms with Crippen molar-refractivity contribution in [3.8, 4) is 0 Å². The Hall–Kier alpha value is -2.79.